The van der Waals surface area contributed by atoms with Crippen molar-refractivity contribution >= 4 is 16.7 Å². The van der Waals surface area contributed by atoms with Crippen LogP contribution in [0.3, 0.4) is 0 Å². The monoisotopic (exact) mass is 317 g/mol. The van der Waals surface area contributed by atoms with Crippen LogP contribution in [0.1, 0.15) is 22.8 Å². The number of ether oxygens (including phenoxy) is 2. The first-order valence-corrected chi connectivity index (χ1v) is 7.60. The largest absolute Gasteiger partial charge is 0.490 e. The van der Waals surface area contributed by atoms with E-state index in [4.69, 9.17) is 14.7 Å². The Bertz CT molecular complexity index is 936. The van der Waals surface area contributed by atoms with E-state index >= 15 is 0 Å². The van der Waals surface area contributed by atoms with Crippen LogP contribution in [0.5, 0.6) is 11.5 Å². The maximum Gasteiger partial charge on any atom is 0.344 e. The highest BCUT2D eigenvalue weighted by molar-refractivity contribution is 6.05. The number of hydrogen-bond donors (Lipinski definition) is 0. The molecular formula is C20H15NO3. The molecular weight excluding hydrogens is 302 g/mol. The van der Waals surface area contributed by atoms with Crippen LogP contribution in [0.4, 0.5) is 0 Å². The lowest BCUT2D eigenvalue weighted by atomic mass is 10.0. The summed E-state index contributed by atoms with van der Waals surface area (Å²) in [6, 6.07) is 19.9. The Labute approximate surface area is 139 Å². The Morgan fingerprint density at radius 3 is 2.62 bits per heavy atom. The number of fused-ring (bicyclic) bond motifs is 1. The second-order valence-corrected chi connectivity index (χ2v) is 5.12. The fourth-order valence-corrected chi connectivity index (χ4v) is 2.49. The molecule has 0 saturated carbocycles. The van der Waals surface area contributed by atoms with Gasteiger partial charge in [-0.2, -0.15) is 5.26 Å². The van der Waals surface area contributed by atoms with Gasteiger partial charge < -0.3 is 9.47 Å². The molecule has 0 aliphatic heterocycles. The zero-order chi connectivity index (χ0) is 16.9. The first-order valence-electron chi connectivity index (χ1n) is 7.60. The Balaban J connectivity index is 1.96. The molecule has 0 spiro atoms. The van der Waals surface area contributed by atoms with Crippen molar-refractivity contribution in [2.45, 2.75) is 6.92 Å². The molecule has 3 aromatic carbocycles. The third-order valence-corrected chi connectivity index (χ3v) is 3.58. The van der Waals surface area contributed by atoms with Gasteiger partial charge in [-0.1, -0.05) is 36.4 Å². The lowest BCUT2D eigenvalue weighted by Gasteiger charge is -2.11. The number of carbonyl (C=O) groups excluding carboxylic acids is 1. The van der Waals surface area contributed by atoms with Gasteiger partial charge in [0.1, 0.15) is 0 Å². The number of esters is 1. The molecule has 0 fully saturated rings. The molecule has 0 unspecified atom stereocenters. The lowest BCUT2D eigenvalue weighted by Crippen LogP contribution is -2.10. The van der Waals surface area contributed by atoms with E-state index in [0.29, 0.717) is 29.2 Å². The van der Waals surface area contributed by atoms with Gasteiger partial charge in [0, 0.05) is 6.07 Å². The van der Waals surface area contributed by atoms with E-state index < -0.39 is 5.97 Å². The number of rotatable bonds is 4. The molecule has 118 valence electrons. The third kappa shape index (κ3) is 3.06. The predicted molar refractivity (Wildman–Crippen MR) is 91.2 cm³/mol. The van der Waals surface area contributed by atoms with Crippen LogP contribution >= 0.6 is 0 Å². The molecule has 0 radical (unpaired) electrons. The van der Waals surface area contributed by atoms with Crippen LogP contribution in [0.25, 0.3) is 10.8 Å². The Hall–Kier alpha value is -3.32. The van der Waals surface area contributed by atoms with Gasteiger partial charge in [-0.25, -0.2) is 4.79 Å². The minimum absolute atomic E-state index is 0.300. The van der Waals surface area contributed by atoms with Crippen molar-refractivity contribution in [1.82, 2.24) is 0 Å². The SMILES string of the molecule is CCOc1cc(C#N)ccc1OC(=O)c1cccc2ccccc12. The zero-order valence-electron chi connectivity index (χ0n) is 13.2. The summed E-state index contributed by atoms with van der Waals surface area (Å²) < 4.78 is 11.0. The highest BCUT2D eigenvalue weighted by Gasteiger charge is 2.15. The maximum atomic E-state index is 12.6. The average molecular weight is 317 g/mol. The minimum atomic E-state index is -0.461. The zero-order valence-corrected chi connectivity index (χ0v) is 13.2. The van der Waals surface area contributed by atoms with Crippen molar-refractivity contribution in [3.63, 3.8) is 0 Å². The molecule has 0 amide bonds. The van der Waals surface area contributed by atoms with E-state index in [9.17, 15) is 4.79 Å². The summed E-state index contributed by atoms with van der Waals surface area (Å²) in [5.74, 6) is 0.219. The van der Waals surface area contributed by atoms with Crippen LogP contribution in [-0.2, 0) is 0 Å². The van der Waals surface area contributed by atoms with Gasteiger partial charge in [0.05, 0.1) is 23.8 Å². The highest BCUT2D eigenvalue weighted by Crippen LogP contribution is 2.30. The maximum absolute atomic E-state index is 12.6. The molecule has 0 aromatic heterocycles. The lowest BCUT2D eigenvalue weighted by molar-refractivity contribution is 0.0730. The van der Waals surface area contributed by atoms with Crippen LogP contribution in [0.2, 0.25) is 0 Å². The van der Waals surface area contributed by atoms with Crippen molar-refractivity contribution in [2.75, 3.05) is 6.61 Å². The molecule has 0 N–H and O–H groups in total. The second-order valence-electron chi connectivity index (χ2n) is 5.12. The molecule has 0 bridgehead atoms. The van der Waals surface area contributed by atoms with Crippen LogP contribution in [0.15, 0.2) is 60.7 Å². The molecule has 0 saturated heterocycles. The predicted octanol–water partition coefficient (Wildman–Crippen LogP) is 4.33. The van der Waals surface area contributed by atoms with Crippen molar-refractivity contribution < 1.29 is 14.3 Å². The van der Waals surface area contributed by atoms with Crippen molar-refractivity contribution in [3.05, 3.63) is 71.8 Å². The summed E-state index contributed by atoms with van der Waals surface area (Å²) in [5.41, 5.74) is 0.934. The molecule has 3 rings (SSSR count). The van der Waals surface area contributed by atoms with Crippen molar-refractivity contribution in [2.24, 2.45) is 0 Å². The van der Waals surface area contributed by atoms with Gasteiger partial charge >= 0.3 is 5.97 Å². The molecule has 0 aliphatic carbocycles. The summed E-state index contributed by atoms with van der Waals surface area (Å²) in [6.45, 7) is 2.24. The Kier molecular flexibility index (Phi) is 4.44. The van der Waals surface area contributed by atoms with Gasteiger partial charge in [0.15, 0.2) is 11.5 Å². The van der Waals surface area contributed by atoms with Gasteiger partial charge in [0.2, 0.25) is 0 Å². The molecule has 24 heavy (non-hydrogen) atoms. The Morgan fingerprint density at radius 1 is 1.04 bits per heavy atom. The summed E-state index contributed by atoms with van der Waals surface area (Å²) in [7, 11) is 0. The smallest absolute Gasteiger partial charge is 0.344 e. The van der Waals surface area contributed by atoms with E-state index in [-0.39, 0.29) is 0 Å². The van der Waals surface area contributed by atoms with Crippen LogP contribution < -0.4 is 9.47 Å². The van der Waals surface area contributed by atoms with E-state index in [1.807, 2.05) is 49.4 Å². The minimum Gasteiger partial charge on any atom is -0.490 e. The van der Waals surface area contributed by atoms with Crippen LogP contribution in [0, 0.1) is 11.3 Å². The standard InChI is InChI=1S/C20H15NO3/c1-2-23-19-12-14(13-21)10-11-18(19)24-20(22)17-9-5-7-15-6-3-4-8-16(15)17/h3-12H,2H2,1H3. The quantitative estimate of drug-likeness (QED) is 0.531. The molecule has 0 aliphatic rings. The highest BCUT2D eigenvalue weighted by atomic mass is 16.6. The summed E-state index contributed by atoms with van der Waals surface area (Å²) in [6.07, 6.45) is 0. The number of carbonyl (C=O) groups is 1. The summed E-state index contributed by atoms with van der Waals surface area (Å²) in [5, 5.41) is 10.8. The van der Waals surface area contributed by atoms with Gasteiger partial charge in [-0.05, 0) is 35.9 Å². The van der Waals surface area contributed by atoms with Crippen molar-refractivity contribution in [1.29, 1.82) is 5.26 Å². The topological polar surface area (TPSA) is 59.3 Å². The first-order chi connectivity index (χ1) is 11.7. The number of benzene rings is 3. The van der Waals surface area contributed by atoms with Crippen molar-refractivity contribution in [3.8, 4) is 17.6 Å². The third-order valence-electron chi connectivity index (χ3n) is 3.58. The fourth-order valence-electron chi connectivity index (χ4n) is 2.49. The number of nitriles is 1. The normalized spacial score (nSPS) is 10.2. The summed E-state index contributed by atoms with van der Waals surface area (Å²) >= 11 is 0. The number of nitrogens with zero attached hydrogens (tertiary/aromatic N) is 1. The summed E-state index contributed by atoms with van der Waals surface area (Å²) in [4.78, 5) is 12.6. The van der Waals surface area contributed by atoms with E-state index in [0.717, 1.165) is 10.8 Å². The van der Waals surface area contributed by atoms with Gasteiger partial charge in [0.25, 0.3) is 0 Å². The van der Waals surface area contributed by atoms with Crippen LogP contribution in [-0.4, -0.2) is 12.6 Å². The number of hydrogen-bond acceptors (Lipinski definition) is 4. The van der Waals surface area contributed by atoms with E-state index in [2.05, 4.69) is 0 Å². The average Bonchev–Trinajstić information content (AvgIpc) is 2.62. The van der Waals surface area contributed by atoms with E-state index in [1.54, 1.807) is 24.3 Å². The molecule has 3 aromatic rings. The van der Waals surface area contributed by atoms with E-state index in [1.165, 1.54) is 0 Å². The molecule has 4 nitrogen and oxygen atoms in total. The van der Waals surface area contributed by atoms with Gasteiger partial charge in [-0.3, -0.25) is 0 Å². The molecule has 0 atom stereocenters. The molecule has 0 heterocycles. The van der Waals surface area contributed by atoms with Gasteiger partial charge in [-0.15, -0.1) is 0 Å². The molecule has 4 heteroatoms. The second kappa shape index (κ2) is 6.84. The Morgan fingerprint density at radius 2 is 1.83 bits per heavy atom. The first kappa shape index (κ1) is 15.6. The fraction of sp³-hybridized carbons (Fsp3) is 0.100.